The number of thioether (sulfide) groups is 1. The van der Waals surface area contributed by atoms with E-state index >= 15 is 0 Å². The van der Waals surface area contributed by atoms with Crippen molar-refractivity contribution in [3.63, 3.8) is 0 Å². The van der Waals surface area contributed by atoms with Gasteiger partial charge in [0.25, 0.3) is 0 Å². The highest BCUT2D eigenvalue weighted by Gasteiger charge is 2.16. The Kier molecular flexibility index (Phi) is 3.64. The van der Waals surface area contributed by atoms with Gasteiger partial charge in [-0.3, -0.25) is 0 Å². The average molecular weight is 237 g/mol. The number of methoxy groups -OCH3 is 1. The minimum absolute atomic E-state index is 0.950. The van der Waals surface area contributed by atoms with Crippen LogP contribution >= 0.6 is 11.8 Å². The van der Waals surface area contributed by atoms with Gasteiger partial charge in [0.1, 0.15) is 0 Å². The number of ether oxygens (including phenoxy) is 1. The van der Waals surface area contributed by atoms with Gasteiger partial charge in [0.15, 0.2) is 5.88 Å². The zero-order valence-electron chi connectivity index (χ0n) is 10.2. The van der Waals surface area contributed by atoms with Crippen LogP contribution in [0.3, 0.4) is 0 Å². The first kappa shape index (κ1) is 11.6. The molecule has 0 atom stereocenters. The SMILES string of the molecule is COc1cc(C2=CCCCC2)c(SC)n1C. The highest BCUT2D eigenvalue weighted by Crippen LogP contribution is 2.37. The van der Waals surface area contributed by atoms with Crippen LogP contribution in [0.5, 0.6) is 5.88 Å². The van der Waals surface area contributed by atoms with Crippen LogP contribution in [-0.2, 0) is 7.05 Å². The molecular formula is C13H19NOS. The summed E-state index contributed by atoms with van der Waals surface area (Å²) in [6.45, 7) is 0. The summed E-state index contributed by atoms with van der Waals surface area (Å²) < 4.78 is 7.52. The van der Waals surface area contributed by atoms with Crippen LogP contribution in [0.15, 0.2) is 17.2 Å². The summed E-state index contributed by atoms with van der Waals surface area (Å²) in [5.41, 5.74) is 2.86. The first-order valence-corrected chi connectivity index (χ1v) is 6.97. The summed E-state index contributed by atoms with van der Waals surface area (Å²) in [5.74, 6) is 0.950. The van der Waals surface area contributed by atoms with Crippen LogP contribution in [0, 0.1) is 0 Å². The maximum atomic E-state index is 5.38. The molecule has 0 aromatic carbocycles. The van der Waals surface area contributed by atoms with Crippen LogP contribution in [0.2, 0.25) is 0 Å². The molecule has 1 aromatic heterocycles. The largest absolute Gasteiger partial charge is 0.482 e. The third kappa shape index (κ3) is 2.01. The summed E-state index contributed by atoms with van der Waals surface area (Å²) in [7, 11) is 3.80. The Balaban J connectivity index is 2.42. The maximum Gasteiger partial charge on any atom is 0.194 e. The normalized spacial score (nSPS) is 16.1. The Morgan fingerprint density at radius 2 is 2.19 bits per heavy atom. The van der Waals surface area contributed by atoms with Crippen molar-refractivity contribution in [1.29, 1.82) is 0 Å². The van der Waals surface area contributed by atoms with Gasteiger partial charge in [-0.2, -0.15) is 0 Å². The molecule has 0 N–H and O–H groups in total. The van der Waals surface area contributed by atoms with E-state index < -0.39 is 0 Å². The van der Waals surface area contributed by atoms with E-state index in [1.54, 1.807) is 18.9 Å². The summed E-state index contributed by atoms with van der Waals surface area (Å²) in [6.07, 6.45) is 9.60. The number of allylic oxidation sites excluding steroid dienone is 2. The van der Waals surface area contributed by atoms with Crippen LogP contribution in [0.1, 0.15) is 31.2 Å². The molecule has 2 nitrogen and oxygen atoms in total. The van der Waals surface area contributed by atoms with Crippen molar-refractivity contribution in [1.82, 2.24) is 4.57 Å². The van der Waals surface area contributed by atoms with Gasteiger partial charge in [-0.15, -0.1) is 11.8 Å². The summed E-state index contributed by atoms with van der Waals surface area (Å²) in [4.78, 5) is 0. The monoisotopic (exact) mass is 237 g/mol. The molecule has 0 amide bonds. The zero-order chi connectivity index (χ0) is 11.5. The van der Waals surface area contributed by atoms with Crippen molar-refractivity contribution in [2.24, 2.45) is 7.05 Å². The molecule has 3 heteroatoms. The molecule has 0 radical (unpaired) electrons. The number of rotatable bonds is 3. The second-order valence-corrected chi connectivity index (χ2v) is 4.94. The van der Waals surface area contributed by atoms with Gasteiger partial charge < -0.3 is 9.30 Å². The van der Waals surface area contributed by atoms with Crippen LogP contribution < -0.4 is 4.74 Å². The lowest BCUT2D eigenvalue weighted by Gasteiger charge is -2.13. The standard InChI is InChI=1S/C13H19NOS/c1-14-12(15-2)9-11(13(14)16-3)10-7-5-4-6-8-10/h7,9H,4-6,8H2,1-3H3. The van der Waals surface area contributed by atoms with Crippen molar-refractivity contribution >= 4 is 17.3 Å². The number of hydrogen-bond donors (Lipinski definition) is 0. The number of hydrogen-bond acceptors (Lipinski definition) is 2. The topological polar surface area (TPSA) is 14.2 Å². The Morgan fingerprint density at radius 3 is 2.75 bits per heavy atom. The summed E-state index contributed by atoms with van der Waals surface area (Å²) >= 11 is 1.79. The Labute approximate surface area is 102 Å². The van der Waals surface area contributed by atoms with Crippen molar-refractivity contribution < 1.29 is 4.74 Å². The van der Waals surface area contributed by atoms with E-state index in [-0.39, 0.29) is 0 Å². The second-order valence-electron chi connectivity index (χ2n) is 4.14. The minimum Gasteiger partial charge on any atom is -0.482 e. The van der Waals surface area contributed by atoms with Crippen LogP contribution in [-0.4, -0.2) is 17.9 Å². The van der Waals surface area contributed by atoms with E-state index in [4.69, 9.17) is 4.74 Å². The quantitative estimate of drug-likeness (QED) is 0.744. The first-order valence-electron chi connectivity index (χ1n) is 5.75. The molecule has 16 heavy (non-hydrogen) atoms. The maximum absolute atomic E-state index is 5.38. The summed E-state index contributed by atoms with van der Waals surface area (Å²) in [5, 5.41) is 1.31. The first-order chi connectivity index (χ1) is 7.77. The van der Waals surface area contributed by atoms with Gasteiger partial charge in [-0.25, -0.2) is 0 Å². The van der Waals surface area contributed by atoms with E-state index in [0.717, 1.165) is 5.88 Å². The van der Waals surface area contributed by atoms with Crippen LogP contribution in [0.4, 0.5) is 0 Å². The van der Waals surface area contributed by atoms with Gasteiger partial charge in [0.05, 0.1) is 12.1 Å². The van der Waals surface area contributed by atoms with Gasteiger partial charge in [0, 0.05) is 18.7 Å². The van der Waals surface area contributed by atoms with E-state index in [1.165, 1.54) is 41.8 Å². The Morgan fingerprint density at radius 1 is 1.38 bits per heavy atom. The van der Waals surface area contributed by atoms with Gasteiger partial charge in [-0.05, 0) is 37.5 Å². The lowest BCUT2D eigenvalue weighted by Crippen LogP contribution is -1.96. The van der Waals surface area contributed by atoms with E-state index in [1.807, 2.05) is 0 Å². The van der Waals surface area contributed by atoms with Crippen LogP contribution in [0.25, 0.3) is 5.57 Å². The third-order valence-corrected chi connectivity index (χ3v) is 4.05. The van der Waals surface area contributed by atoms with Crippen molar-refractivity contribution in [2.75, 3.05) is 13.4 Å². The lowest BCUT2D eigenvalue weighted by atomic mass is 9.95. The molecule has 0 bridgehead atoms. The molecule has 0 spiro atoms. The minimum atomic E-state index is 0.950. The average Bonchev–Trinajstić information content (AvgIpc) is 2.66. The van der Waals surface area contributed by atoms with Gasteiger partial charge >= 0.3 is 0 Å². The van der Waals surface area contributed by atoms with E-state index in [2.05, 4.69) is 30.0 Å². The number of aromatic nitrogens is 1. The molecule has 0 unspecified atom stereocenters. The molecule has 1 heterocycles. The molecule has 0 fully saturated rings. The van der Waals surface area contributed by atoms with Gasteiger partial charge in [-0.1, -0.05) is 6.08 Å². The smallest absolute Gasteiger partial charge is 0.194 e. The fraction of sp³-hybridized carbons (Fsp3) is 0.538. The number of nitrogens with zero attached hydrogens (tertiary/aromatic N) is 1. The van der Waals surface area contributed by atoms with Gasteiger partial charge in [0.2, 0.25) is 0 Å². The summed E-state index contributed by atoms with van der Waals surface area (Å²) in [6, 6.07) is 2.17. The molecule has 1 aromatic rings. The van der Waals surface area contributed by atoms with E-state index in [9.17, 15) is 0 Å². The Hall–Kier alpha value is -0.830. The van der Waals surface area contributed by atoms with Crippen molar-refractivity contribution in [2.45, 2.75) is 30.7 Å². The molecule has 88 valence electrons. The molecule has 2 rings (SSSR count). The third-order valence-electron chi connectivity index (χ3n) is 3.17. The highest BCUT2D eigenvalue weighted by atomic mass is 32.2. The fourth-order valence-corrected chi connectivity index (χ4v) is 3.09. The van der Waals surface area contributed by atoms with Crippen molar-refractivity contribution in [3.05, 3.63) is 17.7 Å². The highest BCUT2D eigenvalue weighted by molar-refractivity contribution is 7.98. The van der Waals surface area contributed by atoms with Crippen molar-refractivity contribution in [3.8, 4) is 5.88 Å². The molecule has 1 aliphatic carbocycles. The molecular weight excluding hydrogens is 218 g/mol. The molecule has 0 saturated carbocycles. The Bertz CT molecular complexity index is 406. The fourth-order valence-electron chi connectivity index (χ4n) is 2.32. The molecule has 0 saturated heterocycles. The molecule has 1 aliphatic rings. The second kappa shape index (κ2) is 5.00. The predicted octanol–water partition coefficient (Wildman–Crippen LogP) is 3.71. The zero-order valence-corrected chi connectivity index (χ0v) is 11.1. The lowest BCUT2D eigenvalue weighted by molar-refractivity contribution is 0.377. The predicted molar refractivity (Wildman–Crippen MR) is 70.2 cm³/mol. The van der Waals surface area contributed by atoms with E-state index in [0.29, 0.717) is 0 Å². The molecule has 0 aliphatic heterocycles.